The van der Waals surface area contributed by atoms with Crippen LogP contribution >= 0.6 is 0 Å². The number of ether oxygens (including phenoxy) is 1. The van der Waals surface area contributed by atoms with E-state index < -0.39 is 18.0 Å². The van der Waals surface area contributed by atoms with Crippen LogP contribution < -0.4 is 16.5 Å². The monoisotopic (exact) mass is 341 g/mol. The Bertz CT molecular complexity index is 748. The van der Waals surface area contributed by atoms with Crippen molar-refractivity contribution in [3.63, 3.8) is 0 Å². The molecule has 1 aliphatic carbocycles. The second-order valence-electron chi connectivity index (χ2n) is 5.79. The molecule has 2 aromatic carbocycles. The fraction of sp³-hybridized carbons (Fsp3) is 0.222. The Morgan fingerprint density at radius 1 is 1.08 bits per heavy atom. The Morgan fingerprint density at radius 3 is 2.20 bits per heavy atom. The van der Waals surface area contributed by atoms with Crippen LogP contribution in [0, 0.1) is 0 Å². The lowest BCUT2D eigenvalue weighted by molar-refractivity contribution is -0.130. The molecule has 0 aromatic heterocycles. The molecule has 0 saturated carbocycles. The first-order chi connectivity index (χ1) is 12.1. The number of rotatable bonds is 5. The molecule has 2 aromatic rings. The second-order valence-corrected chi connectivity index (χ2v) is 5.79. The SMILES string of the molecule is N[C@H](CNC(=O)OCC1c2ccccc2-c2ccccc21)C(=O)NO. The van der Waals surface area contributed by atoms with Gasteiger partial charge in [0.15, 0.2) is 0 Å². The molecule has 0 aliphatic heterocycles. The first-order valence-electron chi connectivity index (χ1n) is 7.90. The van der Waals surface area contributed by atoms with Gasteiger partial charge in [-0.25, -0.2) is 10.3 Å². The fourth-order valence-corrected chi connectivity index (χ4v) is 3.02. The van der Waals surface area contributed by atoms with Crippen LogP contribution in [0.25, 0.3) is 11.1 Å². The Balaban J connectivity index is 1.64. The Labute approximate surface area is 144 Å². The molecule has 1 atom stereocenters. The smallest absolute Gasteiger partial charge is 0.407 e. The maximum Gasteiger partial charge on any atom is 0.407 e. The van der Waals surface area contributed by atoms with Crippen molar-refractivity contribution in [2.45, 2.75) is 12.0 Å². The van der Waals surface area contributed by atoms with E-state index >= 15 is 0 Å². The standard InChI is InChI=1S/C18H19N3O4/c19-16(17(22)21-24)9-20-18(23)25-10-15-13-7-3-1-5-11(13)12-6-2-4-8-14(12)15/h1-8,15-16,24H,9-10,19H2,(H,20,23)(H,21,22)/t16-/m1/s1. The molecule has 1 aliphatic rings. The number of nitrogens with one attached hydrogen (secondary N) is 2. The lowest BCUT2D eigenvalue weighted by Crippen LogP contribution is -2.47. The fourth-order valence-electron chi connectivity index (χ4n) is 3.02. The maximum absolute atomic E-state index is 11.9. The molecule has 0 spiro atoms. The van der Waals surface area contributed by atoms with Crippen LogP contribution in [0.3, 0.4) is 0 Å². The van der Waals surface area contributed by atoms with E-state index in [-0.39, 0.29) is 19.1 Å². The van der Waals surface area contributed by atoms with Crippen LogP contribution in [0.15, 0.2) is 48.5 Å². The number of hydroxylamine groups is 1. The molecule has 7 nitrogen and oxygen atoms in total. The van der Waals surface area contributed by atoms with Crippen LogP contribution in [0.1, 0.15) is 17.0 Å². The van der Waals surface area contributed by atoms with Crippen LogP contribution in [-0.4, -0.2) is 36.4 Å². The quantitative estimate of drug-likeness (QED) is 0.484. The zero-order valence-corrected chi connectivity index (χ0v) is 13.4. The average Bonchev–Trinajstić information content (AvgIpc) is 2.97. The van der Waals surface area contributed by atoms with E-state index in [0.29, 0.717) is 0 Å². The van der Waals surface area contributed by atoms with E-state index in [1.54, 1.807) is 0 Å². The van der Waals surface area contributed by atoms with Gasteiger partial charge in [-0.3, -0.25) is 10.0 Å². The molecule has 0 saturated heterocycles. The summed E-state index contributed by atoms with van der Waals surface area (Å²) in [7, 11) is 0. The van der Waals surface area contributed by atoms with Gasteiger partial charge in [0.25, 0.3) is 5.91 Å². The zero-order valence-electron chi connectivity index (χ0n) is 13.4. The first-order valence-corrected chi connectivity index (χ1v) is 7.90. The molecule has 25 heavy (non-hydrogen) atoms. The van der Waals surface area contributed by atoms with Crippen molar-refractivity contribution in [1.82, 2.24) is 10.8 Å². The van der Waals surface area contributed by atoms with Gasteiger partial charge in [-0.1, -0.05) is 48.5 Å². The molecule has 0 fully saturated rings. The Kier molecular flexibility index (Phi) is 4.97. The third-order valence-corrected chi connectivity index (χ3v) is 4.26. The van der Waals surface area contributed by atoms with E-state index in [9.17, 15) is 9.59 Å². The highest BCUT2D eigenvalue weighted by atomic mass is 16.5. The van der Waals surface area contributed by atoms with Gasteiger partial charge in [0.05, 0.1) is 0 Å². The summed E-state index contributed by atoms with van der Waals surface area (Å²) in [6.07, 6.45) is -0.664. The number of nitrogens with two attached hydrogens (primary N) is 1. The summed E-state index contributed by atoms with van der Waals surface area (Å²) in [5, 5.41) is 10.9. The summed E-state index contributed by atoms with van der Waals surface area (Å²) < 4.78 is 5.30. The van der Waals surface area contributed by atoms with E-state index in [1.807, 2.05) is 36.4 Å². The normalized spacial score (nSPS) is 13.5. The molecule has 0 bridgehead atoms. The van der Waals surface area contributed by atoms with Crippen molar-refractivity contribution in [3.05, 3.63) is 59.7 Å². The minimum Gasteiger partial charge on any atom is -0.449 e. The summed E-state index contributed by atoms with van der Waals surface area (Å²) in [6, 6.07) is 15.0. The third-order valence-electron chi connectivity index (χ3n) is 4.26. The van der Waals surface area contributed by atoms with Crippen molar-refractivity contribution in [1.29, 1.82) is 0 Å². The van der Waals surface area contributed by atoms with Crippen molar-refractivity contribution in [3.8, 4) is 11.1 Å². The first kappa shape index (κ1) is 16.9. The highest BCUT2D eigenvalue weighted by molar-refractivity contribution is 5.81. The summed E-state index contributed by atoms with van der Waals surface area (Å²) >= 11 is 0. The zero-order chi connectivity index (χ0) is 17.8. The lowest BCUT2D eigenvalue weighted by atomic mass is 9.98. The van der Waals surface area contributed by atoms with Crippen molar-refractivity contribution >= 4 is 12.0 Å². The number of amides is 2. The second kappa shape index (κ2) is 7.33. The minimum atomic E-state index is -1.05. The van der Waals surface area contributed by atoms with Gasteiger partial charge in [0.1, 0.15) is 12.6 Å². The highest BCUT2D eigenvalue weighted by Crippen LogP contribution is 2.44. The lowest BCUT2D eigenvalue weighted by Gasteiger charge is -2.15. The Morgan fingerprint density at radius 2 is 1.64 bits per heavy atom. The molecule has 5 N–H and O–H groups in total. The van der Waals surface area contributed by atoms with Crippen molar-refractivity contribution < 1.29 is 19.5 Å². The van der Waals surface area contributed by atoms with Gasteiger partial charge in [-0.2, -0.15) is 0 Å². The summed E-state index contributed by atoms with van der Waals surface area (Å²) in [5.41, 5.74) is 11.4. The highest BCUT2D eigenvalue weighted by Gasteiger charge is 2.29. The Hall–Kier alpha value is -2.90. The van der Waals surface area contributed by atoms with E-state index in [2.05, 4.69) is 17.4 Å². The van der Waals surface area contributed by atoms with Gasteiger partial charge in [-0.05, 0) is 22.3 Å². The summed E-state index contributed by atoms with van der Waals surface area (Å²) in [6.45, 7) is 0.0460. The van der Waals surface area contributed by atoms with Gasteiger partial charge in [-0.15, -0.1) is 0 Å². The number of benzene rings is 2. The molecule has 7 heteroatoms. The molecule has 2 amide bonds. The number of alkyl carbamates (subject to hydrolysis) is 1. The average molecular weight is 341 g/mol. The van der Waals surface area contributed by atoms with Crippen LogP contribution in [-0.2, 0) is 9.53 Å². The minimum absolute atomic E-state index is 0.0347. The van der Waals surface area contributed by atoms with Gasteiger partial charge >= 0.3 is 6.09 Å². The van der Waals surface area contributed by atoms with E-state index in [1.165, 1.54) is 5.48 Å². The van der Waals surface area contributed by atoms with Gasteiger partial charge in [0, 0.05) is 12.5 Å². The molecule has 0 heterocycles. The maximum atomic E-state index is 11.9. The summed E-state index contributed by atoms with van der Waals surface area (Å²) in [4.78, 5) is 22.9. The van der Waals surface area contributed by atoms with Gasteiger partial charge < -0.3 is 15.8 Å². The molecule has 0 unspecified atom stereocenters. The third kappa shape index (κ3) is 3.47. The van der Waals surface area contributed by atoms with Gasteiger partial charge in [0.2, 0.25) is 0 Å². The van der Waals surface area contributed by atoms with E-state index in [4.69, 9.17) is 15.7 Å². The number of fused-ring (bicyclic) bond motifs is 3. The van der Waals surface area contributed by atoms with Crippen LogP contribution in [0.2, 0.25) is 0 Å². The van der Waals surface area contributed by atoms with Crippen molar-refractivity contribution in [2.24, 2.45) is 5.73 Å². The van der Waals surface area contributed by atoms with Crippen LogP contribution in [0.5, 0.6) is 0 Å². The number of hydrogen-bond acceptors (Lipinski definition) is 5. The van der Waals surface area contributed by atoms with Crippen LogP contribution in [0.4, 0.5) is 4.79 Å². The summed E-state index contributed by atoms with van der Waals surface area (Å²) in [5.74, 6) is -0.813. The number of carbonyl (C=O) groups is 2. The molecule has 3 rings (SSSR count). The van der Waals surface area contributed by atoms with Crippen molar-refractivity contribution in [2.75, 3.05) is 13.2 Å². The number of carbonyl (C=O) groups excluding carboxylic acids is 2. The molecule has 130 valence electrons. The topological polar surface area (TPSA) is 114 Å². The molecular weight excluding hydrogens is 322 g/mol. The predicted molar refractivity (Wildman–Crippen MR) is 91.0 cm³/mol. The van der Waals surface area contributed by atoms with E-state index in [0.717, 1.165) is 22.3 Å². The number of hydrogen-bond donors (Lipinski definition) is 4. The molecular formula is C18H19N3O4. The molecule has 0 radical (unpaired) electrons. The predicted octanol–water partition coefficient (Wildman–Crippen LogP) is 1.36. The largest absolute Gasteiger partial charge is 0.449 e.